The van der Waals surface area contributed by atoms with Crippen LogP contribution in [0.1, 0.15) is 16.1 Å². The van der Waals surface area contributed by atoms with Gasteiger partial charge >= 0.3 is 5.69 Å². The predicted octanol–water partition coefficient (Wildman–Crippen LogP) is 1.39. The Morgan fingerprint density at radius 3 is 2.69 bits per heavy atom. The van der Waals surface area contributed by atoms with Crippen LogP contribution in [0.2, 0.25) is 0 Å². The number of fused-ring (bicyclic) bond motifs is 1. The number of nitrogens with one attached hydrogen (secondary N) is 2. The second-order valence-corrected chi connectivity index (χ2v) is 10.8. The van der Waals surface area contributed by atoms with Crippen molar-refractivity contribution >= 4 is 37.3 Å². The zero-order valence-electron chi connectivity index (χ0n) is 19.0. The number of sulfone groups is 1. The highest BCUT2D eigenvalue weighted by Crippen LogP contribution is 2.25. The van der Waals surface area contributed by atoms with Crippen molar-refractivity contribution in [3.63, 3.8) is 0 Å². The molecule has 11 nitrogen and oxygen atoms in total. The highest BCUT2D eigenvalue weighted by Gasteiger charge is 2.20. The number of hydrogen-bond acceptors (Lipinski definition) is 9. The molecule has 1 aliphatic rings. The van der Waals surface area contributed by atoms with Gasteiger partial charge in [0, 0.05) is 12.8 Å². The van der Waals surface area contributed by atoms with Gasteiger partial charge < -0.3 is 19.8 Å². The second-order valence-electron chi connectivity index (χ2n) is 7.75. The molecule has 0 radical (unpaired) electrons. The van der Waals surface area contributed by atoms with Crippen LogP contribution in [0.3, 0.4) is 0 Å². The molecule has 184 valence electrons. The van der Waals surface area contributed by atoms with Crippen molar-refractivity contribution in [2.45, 2.75) is 6.42 Å². The largest absolute Gasteiger partial charge is 0.491 e. The fourth-order valence-electron chi connectivity index (χ4n) is 3.55. The summed E-state index contributed by atoms with van der Waals surface area (Å²) >= 11 is 0.949. The molecule has 13 heteroatoms. The van der Waals surface area contributed by atoms with Crippen molar-refractivity contribution in [1.29, 1.82) is 0 Å². The second kappa shape index (κ2) is 9.50. The Balaban J connectivity index is 1.57. The molecule has 3 heterocycles. The number of pyridine rings is 1. The maximum Gasteiger partial charge on any atom is 0.334 e. The first-order chi connectivity index (χ1) is 16.6. The summed E-state index contributed by atoms with van der Waals surface area (Å²) in [6.45, 7) is 0.285. The predicted molar refractivity (Wildman–Crippen MR) is 131 cm³/mol. The zero-order chi connectivity index (χ0) is 25.3. The Morgan fingerprint density at radius 2 is 2.06 bits per heavy atom. The minimum Gasteiger partial charge on any atom is -0.491 e. The van der Waals surface area contributed by atoms with Crippen LogP contribution in [0, 0.1) is 5.92 Å². The highest BCUT2D eigenvalue weighted by atomic mass is 32.2. The molecule has 0 fully saturated rings. The molecular weight excluding hydrogens is 496 g/mol. The van der Waals surface area contributed by atoms with Gasteiger partial charge in [-0.3, -0.25) is 9.59 Å². The van der Waals surface area contributed by atoms with E-state index < -0.39 is 27.0 Å². The van der Waals surface area contributed by atoms with E-state index in [0.717, 1.165) is 22.2 Å². The van der Waals surface area contributed by atoms with Gasteiger partial charge in [0.25, 0.3) is 17.3 Å². The maximum absolute atomic E-state index is 13.1. The van der Waals surface area contributed by atoms with E-state index in [1.54, 1.807) is 12.2 Å². The molecule has 3 aromatic rings. The standard InChI is InChI=1S/C22H22N4O7S2/c1-32-15-8-9-17(25-20(15)33-2)26-21(28)18-14(24-22(26)29)10-16(34-18)19(27)23-11-12-4-6-13(7-5-12)35(3,30)31/h4,6-10,12H,5,11H2,1-3H3,(H,23,27)(H,24,29). The van der Waals surface area contributed by atoms with Gasteiger partial charge in [0.1, 0.15) is 10.5 Å². The SMILES string of the molecule is COc1ccc(-n2c(=O)[nH]c3cc(C(=O)NCC4C=CC(S(C)(=O)=O)=CC4)sc3c2=O)nc1OC. The van der Waals surface area contributed by atoms with Crippen LogP contribution in [-0.2, 0) is 9.84 Å². The van der Waals surface area contributed by atoms with E-state index in [4.69, 9.17) is 9.47 Å². The van der Waals surface area contributed by atoms with Gasteiger partial charge in [0.05, 0.1) is 29.5 Å². The molecule has 1 amide bonds. The van der Waals surface area contributed by atoms with Gasteiger partial charge in [-0.1, -0.05) is 12.2 Å². The van der Waals surface area contributed by atoms with Crippen molar-refractivity contribution in [2.75, 3.05) is 27.0 Å². The first kappa shape index (κ1) is 24.4. The number of ether oxygens (including phenoxy) is 2. The highest BCUT2D eigenvalue weighted by molar-refractivity contribution is 7.94. The average molecular weight is 519 g/mol. The van der Waals surface area contributed by atoms with Crippen LogP contribution in [0.4, 0.5) is 0 Å². The van der Waals surface area contributed by atoms with Crippen molar-refractivity contribution in [3.05, 3.63) is 67.0 Å². The summed E-state index contributed by atoms with van der Waals surface area (Å²) in [4.78, 5) is 45.8. The average Bonchev–Trinajstić information content (AvgIpc) is 3.26. The number of nitrogens with zero attached hydrogens (tertiary/aromatic N) is 2. The lowest BCUT2D eigenvalue weighted by molar-refractivity contribution is 0.0954. The third kappa shape index (κ3) is 4.91. The minimum atomic E-state index is -3.27. The molecule has 1 aliphatic carbocycles. The normalized spacial score (nSPS) is 15.6. The molecule has 1 unspecified atom stereocenters. The van der Waals surface area contributed by atoms with Crippen molar-refractivity contribution in [1.82, 2.24) is 19.9 Å². The Bertz CT molecular complexity index is 1600. The minimum absolute atomic E-state index is 0.0424. The number of thiophene rings is 1. The Kier molecular flexibility index (Phi) is 6.63. The first-order valence-electron chi connectivity index (χ1n) is 10.4. The third-order valence-corrected chi connectivity index (χ3v) is 7.64. The topological polar surface area (TPSA) is 149 Å². The summed E-state index contributed by atoms with van der Waals surface area (Å²) in [7, 11) is -0.438. The fraction of sp³-hybridized carbons (Fsp3) is 0.273. The molecule has 35 heavy (non-hydrogen) atoms. The van der Waals surface area contributed by atoms with Crippen molar-refractivity contribution in [2.24, 2.45) is 5.92 Å². The van der Waals surface area contributed by atoms with E-state index in [-0.39, 0.29) is 44.2 Å². The number of hydrogen-bond donors (Lipinski definition) is 2. The van der Waals surface area contributed by atoms with E-state index in [2.05, 4.69) is 15.3 Å². The number of allylic oxidation sites excluding steroid dienone is 2. The van der Waals surface area contributed by atoms with Crippen molar-refractivity contribution in [3.8, 4) is 17.4 Å². The summed E-state index contributed by atoms with van der Waals surface area (Å²) in [5.41, 5.74) is -1.10. The van der Waals surface area contributed by atoms with Gasteiger partial charge in [0.2, 0.25) is 0 Å². The summed E-state index contributed by atoms with van der Waals surface area (Å²) in [6.07, 6.45) is 6.52. The third-order valence-electron chi connectivity index (χ3n) is 5.36. The number of methoxy groups -OCH3 is 2. The van der Waals surface area contributed by atoms with E-state index in [1.807, 2.05) is 0 Å². The van der Waals surface area contributed by atoms with Crippen LogP contribution in [-0.4, -0.2) is 55.9 Å². The monoisotopic (exact) mass is 518 g/mol. The van der Waals surface area contributed by atoms with Crippen LogP contribution in [0.15, 0.2) is 50.9 Å². The van der Waals surface area contributed by atoms with Gasteiger partial charge in [-0.15, -0.1) is 11.3 Å². The first-order valence-corrected chi connectivity index (χ1v) is 13.1. The van der Waals surface area contributed by atoms with E-state index in [9.17, 15) is 22.8 Å². The lowest BCUT2D eigenvalue weighted by Gasteiger charge is -2.15. The molecule has 0 saturated carbocycles. The Morgan fingerprint density at radius 1 is 1.29 bits per heavy atom. The molecule has 2 N–H and O–H groups in total. The molecule has 0 aromatic carbocycles. The number of amides is 1. The molecule has 1 atom stereocenters. The fourth-order valence-corrected chi connectivity index (χ4v) is 5.24. The van der Waals surface area contributed by atoms with Crippen LogP contribution in [0.5, 0.6) is 11.6 Å². The number of carbonyl (C=O) groups is 1. The lowest BCUT2D eigenvalue weighted by atomic mass is 10.0. The number of aromatic amines is 1. The molecular formula is C22H22N4O7S2. The van der Waals surface area contributed by atoms with E-state index in [0.29, 0.717) is 12.2 Å². The van der Waals surface area contributed by atoms with Gasteiger partial charge in [-0.2, -0.15) is 4.98 Å². The smallest absolute Gasteiger partial charge is 0.334 e. The van der Waals surface area contributed by atoms with E-state index in [1.165, 1.54) is 38.5 Å². The van der Waals surface area contributed by atoms with Gasteiger partial charge in [-0.05, 0) is 36.6 Å². The zero-order valence-corrected chi connectivity index (χ0v) is 20.7. The van der Waals surface area contributed by atoms with Crippen LogP contribution < -0.4 is 26.0 Å². The molecule has 0 spiro atoms. The number of rotatable bonds is 7. The van der Waals surface area contributed by atoms with Crippen LogP contribution in [0.25, 0.3) is 16.0 Å². The molecule has 0 aliphatic heterocycles. The summed E-state index contributed by atoms with van der Waals surface area (Å²) in [5.74, 6) is 0.0203. The molecule has 4 rings (SSSR count). The Labute approximate surface area is 203 Å². The summed E-state index contributed by atoms with van der Waals surface area (Å²) < 4.78 is 34.5. The van der Waals surface area contributed by atoms with Crippen molar-refractivity contribution < 1.29 is 22.7 Å². The van der Waals surface area contributed by atoms with E-state index >= 15 is 0 Å². The molecule has 0 saturated heterocycles. The number of H-pyrrole nitrogens is 1. The quantitative estimate of drug-likeness (QED) is 0.476. The van der Waals surface area contributed by atoms with Crippen LogP contribution >= 0.6 is 11.3 Å². The van der Waals surface area contributed by atoms with Gasteiger partial charge in [0.15, 0.2) is 15.6 Å². The summed E-state index contributed by atoms with van der Waals surface area (Å²) in [5, 5.41) is 2.79. The van der Waals surface area contributed by atoms with Gasteiger partial charge in [-0.25, -0.2) is 17.8 Å². The maximum atomic E-state index is 13.1. The summed E-state index contributed by atoms with van der Waals surface area (Å²) in [6, 6.07) is 4.42. The molecule has 3 aromatic heterocycles. The molecule has 0 bridgehead atoms. The number of carbonyl (C=O) groups excluding carboxylic acids is 1. The number of aromatic nitrogens is 3. The Hall–Kier alpha value is -3.71. The lowest BCUT2D eigenvalue weighted by Crippen LogP contribution is -2.33.